The Morgan fingerprint density at radius 1 is 1.23 bits per heavy atom. The number of rotatable bonds is 5. The van der Waals surface area contributed by atoms with Crippen LogP contribution in [0.3, 0.4) is 0 Å². The Kier molecular flexibility index (Phi) is 4.34. The van der Waals surface area contributed by atoms with Gasteiger partial charge in [0.1, 0.15) is 5.75 Å². The molecule has 1 atom stereocenters. The van der Waals surface area contributed by atoms with Crippen LogP contribution >= 0.6 is 11.3 Å². The smallest absolute Gasteiger partial charge is 0.231 e. The van der Waals surface area contributed by atoms with Crippen LogP contribution in [0.1, 0.15) is 25.3 Å². The Morgan fingerprint density at radius 2 is 2.04 bits per heavy atom. The number of benzene rings is 2. The standard InChI is InChI=1S/C20H19N3O2S/c1-3-25-15-7-5-14(6-8-15)21-20-23-18(11-26-20)13-4-9-17-16(10-13)12(2)19(24)22-17/h4-12H,3H2,1-2H3,(H,21,23)(H,22,24)/t12-/m1/s1. The first kappa shape index (κ1) is 16.6. The van der Waals surface area contributed by atoms with E-state index in [4.69, 9.17) is 4.74 Å². The van der Waals surface area contributed by atoms with E-state index in [0.717, 1.165) is 39.1 Å². The van der Waals surface area contributed by atoms with Crippen molar-refractivity contribution in [3.05, 3.63) is 53.4 Å². The number of thiazole rings is 1. The number of carbonyl (C=O) groups is 1. The lowest BCUT2D eigenvalue weighted by atomic mass is 10.00. The maximum Gasteiger partial charge on any atom is 0.231 e. The van der Waals surface area contributed by atoms with Crippen molar-refractivity contribution < 1.29 is 9.53 Å². The maximum atomic E-state index is 11.8. The molecule has 1 amide bonds. The molecule has 4 rings (SSSR count). The van der Waals surface area contributed by atoms with Crippen LogP contribution in [0, 0.1) is 0 Å². The Bertz CT molecular complexity index is 950. The number of aromatic nitrogens is 1. The summed E-state index contributed by atoms with van der Waals surface area (Å²) >= 11 is 1.55. The van der Waals surface area contributed by atoms with E-state index in [-0.39, 0.29) is 11.8 Å². The molecule has 5 nitrogen and oxygen atoms in total. The number of amides is 1. The van der Waals surface area contributed by atoms with E-state index in [0.29, 0.717) is 6.61 Å². The lowest BCUT2D eigenvalue weighted by molar-refractivity contribution is -0.116. The second-order valence-corrected chi connectivity index (χ2v) is 6.99. The van der Waals surface area contributed by atoms with Gasteiger partial charge in [-0.1, -0.05) is 6.07 Å². The molecular weight excluding hydrogens is 346 g/mol. The molecule has 1 aliphatic heterocycles. The molecule has 0 bridgehead atoms. The van der Waals surface area contributed by atoms with Gasteiger partial charge in [-0.05, 0) is 55.8 Å². The van der Waals surface area contributed by atoms with Crippen molar-refractivity contribution in [2.24, 2.45) is 0 Å². The second-order valence-electron chi connectivity index (χ2n) is 6.13. The minimum Gasteiger partial charge on any atom is -0.494 e. The van der Waals surface area contributed by atoms with Gasteiger partial charge in [0.15, 0.2) is 5.13 Å². The van der Waals surface area contributed by atoms with Crippen molar-refractivity contribution in [2.45, 2.75) is 19.8 Å². The highest BCUT2D eigenvalue weighted by Crippen LogP contribution is 2.36. The minimum atomic E-state index is -0.120. The predicted octanol–water partition coefficient (Wildman–Crippen LogP) is 5.01. The third-order valence-corrected chi connectivity index (χ3v) is 5.14. The van der Waals surface area contributed by atoms with Gasteiger partial charge in [0.25, 0.3) is 0 Å². The summed E-state index contributed by atoms with van der Waals surface area (Å²) in [5, 5.41) is 9.06. The average molecular weight is 365 g/mol. The van der Waals surface area contributed by atoms with Crippen LogP contribution in [-0.4, -0.2) is 17.5 Å². The average Bonchev–Trinajstić information content (AvgIpc) is 3.22. The van der Waals surface area contributed by atoms with Gasteiger partial charge in [0, 0.05) is 22.3 Å². The molecule has 0 saturated heterocycles. The van der Waals surface area contributed by atoms with Gasteiger partial charge >= 0.3 is 0 Å². The van der Waals surface area contributed by atoms with Crippen molar-refractivity contribution in [3.8, 4) is 17.0 Å². The molecule has 0 radical (unpaired) electrons. The van der Waals surface area contributed by atoms with E-state index in [1.165, 1.54) is 0 Å². The van der Waals surface area contributed by atoms with Crippen LogP contribution in [0.4, 0.5) is 16.5 Å². The molecule has 6 heteroatoms. The fourth-order valence-corrected chi connectivity index (χ4v) is 3.70. The molecule has 2 heterocycles. The lowest BCUT2D eigenvalue weighted by Crippen LogP contribution is -2.08. The van der Waals surface area contributed by atoms with Crippen LogP contribution in [0.2, 0.25) is 0 Å². The number of fused-ring (bicyclic) bond motifs is 1. The first-order valence-corrected chi connectivity index (χ1v) is 9.42. The maximum absolute atomic E-state index is 11.8. The van der Waals surface area contributed by atoms with E-state index in [2.05, 4.69) is 15.6 Å². The van der Waals surface area contributed by atoms with Gasteiger partial charge in [-0.3, -0.25) is 4.79 Å². The number of carbonyl (C=O) groups excluding carboxylic acids is 1. The summed E-state index contributed by atoms with van der Waals surface area (Å²) in [4.78, 5) is 16.5. The number of hydrogen-bond donors (Lipinski definition) is 2. The molecule has 3 aromatic rings. The SMILES string of the molecule is CCOc1ccc(Nc2nc(-c3ccc4c(c3)[C@@H](C)C(=O)N4)cs2)cc1. The molecule has 0 unspecified atom stereocenters. The molecule has 2 aromatic carbocycles. The monoisotopic (exact) mass is 365 g/mol. The van der Waals surface area contributed by atoms with Gasteiger partial charge in [0.05, 0.1) is 18.2 Å². The number of nitrogens with zero attached hydrogens (tertiary/aromatic N) is 1. The molecule has 26 heavy (non-hydrogen) atoms. The van der Waals surface area contributed by atoms with Crippen molar-refractivity contribution >= 4 is 33.8 Å². The highest BCUT2D eigenvalue weighted by atomic mass is 32.1. The summed E-state index contributed by atoms with van der Waals surface area (Å²) in [6, 6.07) is 13.8. The summed E-state index contributed by atoms with van der Waals surface area (Å²) in [7, 11) is 0. The highest BCUT2D eigenvalue weighted by molar-refractivity contribution is 7.14. The third-order valence-electron chi connectivity index (χ3n) is 4.39. The van der Waals surface area contributed by atoms with Crippen molar-refractivity contribution in [3.63, 3.8) is 0 Å². The molecule has 1 aromatic heterocycles. The van der Waals surface area contributed by atoms with E-state index >= 15 is 0 Å². The van der Waals surface area contributed by atoms with Crippen LogP contribution in [0.25, 0.3) is 11.3 Å². The zero-order chi connectivity index (χ0) is 18.1. The number of nitrogens with one attached hydrogen (secondary N) is 2. The Morgan fingerprint density at radius 3 is 2.81 bits per heavy atom. The summed E-state index contributed by atoms with van der Waals surface area (Å²) in [6.07, 6.45) is 0. The molecule has 132 valence electrons. The van der Waals surface area contributed by atoms with Crippen LogP contribution in [0.15, 0.2) is 47.8 Å². The van der Waals surface area contributed by atoms with Gasteiger partial charge in [-0.15, -0.1) is 11.3 Å². The van der Waals surface area contributed by atoms with Crippen LogP contribution in [0.5, 0.6) is 5.75 Å². The van der Waals surface area contributed by atoms with Crippen LogP contribution < -0.4 is 15.4 Å². The van der Waals surface area contributed by atoms with Gasteiger partial charge in [0.2, 0.25) is 5.91 Å². The zero-order valence-corrected chi connectivity index (χ0v) is 15.4. The molecule has 2 N–H and O–H groups in total. The Labute approximate surface area is 156 Å². The fourth-order valence-electron chi connectivity index (χ4n) is 2.96. The highest BCUT2D eigenvalue weighted by Gasteiger charge is 2.26. The Hall–Kier alpha value is -2.86. The summed E-state index contributed by atoms with van der Waals surface area (Å²) in [5.41, 5.74) is 4.81. The Balaban J connectivity index is 1.52. The first-order chi connectivity index (χ1) is 12.6. The molecule has 0 aliphatic carbocycles. The van der Waals surface area contributed by atoms with E-state index in [1.807, 2.05) is 61.7 Å². The van der Waals surface area contributed by atoms with E-state index < -0.39 is 0 Å². The first-order valence-electron chi connectivity index (χ1n) is 8.54. The van der Waals surface area contributed by atoms with Crippen molar-refractivity contribution in [1.82, 2.24) is 4.98 Å². The summed E-state index contributed by atoms with van der Waals surface area (Å²) in [5.74, 6) is 0.784. The number of anilines is 3. The van der Waals surface area contributed by atoms with Crippen molar-refractivity contribution in [1.29, 1.82) is 0 Å². The normalized spacial score (nSPS) is 15.5. The van der Waals surface area contributed by atoms with Crippen molar-refractivity contribution in [2.75, 3.05) is 17.2 Å². The molecule has 1 aliphatic rings. The molecule has 0 fully saturated rings. The lowest BCUT2D eigenvalue weighted by Gasteiger charge is -2.06. The third kappa shape index (κ3) is 3.15. The predicted molar refractivity (Wildman–Crippen MR) is 105 cm³/mol. The summed E-state index contributed by atoms with van der Waals surface area (Å²) < 4.78 is 5.46. The number of ether oxygens (including phenoxy) is 1. The number of hydrogen-bond acceptors (Lipinski definition) is 5. The topological polar surface area (TPSA) is 63.2 Å². The van der Waals surface area contributed by atoms with E-state index in [1.54, 1.807) is 11.3 Å². The van der Waals surface area contributed by atoms with Gasteiger partial charge in [-0.2, -0.15) is 0 Å². The quantitative estimate of drug-likeness (QED) is 0.667. The minimum absolute atomic E-state index is 0.0493. The fraction of sp³-hybridized carbons (Fsp3) is 0.200. The largest absolute Gasteiger partial charge is 0.494 e. The van der Waals surface area contributed by atoms with Gasteiger partial charge in [-0.25, -0.2) is 4.98 Å². The molecule has 0 saturated carbocycles. The summed E-state index contributed by atoms with van der Waals surface area (Å²) in [6.45, 7) is 4.54. The molecular formula is C20H19N3O2S. The van der Waals surface area contributed by atoms with Gasteiger partial charge < -0.3 is 15.4 Å². The second kappa shape index (κ2) is 6.80. The molecule has 0 spiro atoms. The zero-order valence-electron chi connectivity index (χ0n) is 14.6. The van der Waals surface area contributed by atoms with Crippen LogP contribution in [-0.2, 0) is 4.79 Å². The van der Waals surface area contributed by atoms with E-state index in [9.17, 15) is 4.79 Å².